The van der Waals surface area contributed by atoms with Crippen LogP contribution in [0.15, 0.2) is 60.2 Å². The molecule has 4 rings (SSSR count). The third-order valence-corrected chi connectivity index (χ3v) is 5.32. The Balaban J connectivity index is 1.74. The van der Waals surface area contributed by atoms with Gasteiger partial charge in [0.2, 0.25) is 5.78 Å². The van der Waals surface area contributed by atoms with Crippen molar-refractivity contribution in [2.45, 2.75) is 20.0 Å². The Hall–Kier alpha value is -3.56. The minimum Gasteiger partial charge on any atom is -0.445 e. The van der Waals surface area contributed by atoms with Crippen LogP contribution in [0.25, 0.3) is 16.9 Å². The van der Waals surface area contributed by atoms with Gasteiger partial charge in [-0.3, -0.25) is 9.63 Å². The highest BCUT2D eigenvalue weighted by Crippen LogP contribution is 2.27. The molecule has 3 aromatic heterocycles. The lowest BCUT2D eigenvalue weighted by atomic mass is 10.1. The zero-order valence-electron chi connectivity index (χ0n) is 17.2. The molecule has 0 aliphatic heterocycles. The number of hydrogen-bond donors (Lipinski definition) is 0. The van der Waals surface area contributed by atoms with Crippen LogP contribution in [-0.4, -0.2) is 39.7 Å². The second-order valence-corrected chi connectivity index (χ2v) is 7.84. The third kappa shape index (κ3) is 4.05. The van der Waals surface area contributed by atoms with Crippen LogP contribution in [0.5, 0.6) is 0 Å². The number of hydrogen-bond acceptors (Lipinski definition) is 7. The molecule has 0 aliphatic rings. The van der Waals surface area contributed by atoms with Gasteiger partial charge in [0, 0.05) is 11.8 Å². The number of benzene rings is 1. The van der Waals surface area contributed by atoms with E-state index in [4.69, 9.17) is 9.57 Å². The largest absolute Gasteiger partial charge is 0.445 e. The van der Waals surface area contributed by atoms with E-state index in [0.717, 1.165) is 10.6 Å². The molecule has 158 valence electrons. The molecule has 0 saturated carbocycles. The van der Waals surface area contributed by atoms with Gasteiger partial charge in [-0.2, -0.15) is 10.2 Å². The quantitative estimate of drug-likeness (QED) is 0.324. The normalized spacial score (nSPS) is 11.1. The van der Waals surface area contributed by atoms with Gasteiger partial charge in [0.1, 0.15) is 0 Å². The summed E-state index contributed by atoms with van der Waals surface area (Å²) in [6.07, 6.45) is 2.26. The molecule has 0 saturated heterocycles. The maximum atomic E-state index is 12.8. The van der Waals surface area contributed by atoms with Crippen LogP contribution in [0, 0.1) is 0 Å². The molecule has 0 unspecified atom stereocenters. The topological polar surface area (TPSA) is 86.0 Å². The summed E-state index contributed by atoms with van der Waals surface area (Å²) in [7, 11) is 1.40. The Morgan fingerprint density at radius 3 is 2.71 bits per heavy atom. The first kappa shape index (κ1) is 20.7. The van der Waals surface area contributed by atoms with Gasteiger partial charge in [0.05, 0.1) is 41.2 Å². The highest BCUT2D eigenvalue weighted by atomic mass is 32.1. The van der Waals surface area contributed by atoms with E-state index < -0.39 is 6.09 Å². The molecule has 0 aliphatic carbocycles. The minimum atomic E-state index is -0.613. The van der Waals surface area contributed by atoms with E-state index in [1.54, 1.807) is 54.9 Å². The Morgan fingerprint density at radius 1 is 1.16 bits per heavy atom. The number of aromatic nitrogens is 3. The summed E-state index contributed by atoms with van der Waals surface area (Å²) < 4.78 is 6.85. The van der Waals surface area contributed by atoms with Crippen molar-refractivity contribution in [2.75, 3.05) is 12.2 Å². The molecular formula is C22H20N4O4S. The van der Waals surface area contributed by atoms with Gasteiger partial charge < -0.3 is 4.74 Å². The number of rotatable bonds is 6. The summed E-state index contributed by atoms with van der Waals surface area (Å²) in [4.78, 5) is 35.4. The van der Waals surface area contributed by atoms with E-state index in [0.29, 0.717) is 27.5 Å². The number of fused-ring (bicyclic) bond motifs is 1. The molecule has 4 aromatic rings. The van der Waals surface area contributed by atoms with Crippen LogP contribution >= 0.6 is 11.3 Å². The van der Waals surface area contributed by atoms with Crippen molar-refractivity contribution in [1.82, 2.24) is 14.6 Å². The molecule has 0 spiro atoms. The molecule has 31 heavy (non-hydrogen) atoms. The fourth-order valence-corrected chi connectivity index (χ4v) is 3.82. The van der Waals surface area contributed by atoms with E-state index in [9.17, 15) is 9.59 Å². The lowest BCUT2D eigenvalue weighted by Gasteiger charge is -2.21. The van der Waals surface area contributed by atoms with Crippen molar-refractivity contribution in [3.63, 3.8) is 0 Å². The predicted octanol–water partition coefficient (Wildman–Crippen LogP) is 4.60. The summed E-state index contributed by atoms with van der Waals surface area (Å²) in [5.41, 5.74) is 2.87. The average Bonchev–Trinajstić information content (AvgIpc) is 3.43. The summed E-state index contributed by atoms with van der Waals surface area (Å²) in [5, 5.41) is 7.33. The molecular weight excluding hydrogens is 416 g/mol. The maximum Gasteiger partial charge on any atom is 0.439 e. The molecule has 1 amide bonds. The number of amides is 1. The molecule has 0 fully saturated rings. The fourth-order valence-electron chi connectivity index (χ4n) is 3.14. The summed E-state index contributed by atoms with van der Waals surface area (Å²) in [6, 6.07) is 12.6. The molecule has 1 aromatic carbocycles. The van der Waals surface area contributed by atoms with Crippen LogP contribution < -0.4 is 5.06 Å². The first-order chi connectivity index (χ1) is 15.0. The van der Waals surface area contributed by atoms with Crippen LogP contribution in [0.1, 0.15) is 29.1 Å². The van der Waals surface area contributed by atoms with Gasteiger partial charge in [0.25, 0.3) is 0 Å². The number of carbonyl (C=O) groups excluding carboxylic acids is 2. The Kier molecular flexibility index (Phi) is 5.79. The first-order valence-electron chi connectivity index (χ1n) is 9.56. The zero-order chi connectivity index (χ0) is 22.0. The monoisotopic (exact) mass is 436 g/mol. The Bertz CT molecular complexity index is 1230. The number of ketones is 1. The summed E-state index contributed by atoms with van der Waals surface area (Å²) in [6.45, 7) is 3.53. The third-order valence-electron chi connectivity index (χ3n) is 4.45. The number of carbonyl (C=O) groups is 2. The zero-order valence-corrected chi connectivity index (χ0v) is 18.0. The minimum absolute atomic E-state index is 0.120. The molecule has 0 bridgehead atoms. The smallest absolute Gasteiger partial charge is 0.439 e. The lowest BCUT2D eigenvalue weighted by Crippen LogP contribution is -2.32. The summed E-state index contributed by atoms with van der Waals surface area (Å²) >= 11 is 1.38. The van der Waals surface area contributed by atoms with Crippen molar-refractivity contribution in [3.05, 3.63) is 70.7 Å². The van der Waals surface area contributed by atoms with Gasteiger partial charge in [0.15, 0.2) is 5.65 Å². The molecule has 0 radical (unpaired) electrons. The molecule has 8 nitrogen and oxygen atoms in total. The van der Waals surface area contributed by atoms with Gasteiger partial charge in [-0.15, -0.1) is 11.3 Å². The molecule has 0 N–H and O–H groups in total. The van der Waals surface area contributed by atoms with Gasteiger partial charge in [-0.05, 0) is 43.5 Å². The van der Waals surface area contributed by atoms with Crippen LogP contribution in [0.2, 0.25) is 0 Å². The van der Waals surface area contributed by atoms with Crippen molar-refractivity contribution >= 4 is 34.5 Å². The van der Waals surface area contributed by atoms with E-state index in [2.05, 4.69) is 10.1 Å². The van der Waals surface area contributed by atoms with Crippen LogP contribution in [0.4, 0.5) is 10.5 Å². The Labute approximate surface area is 182 Å². The SMILES string of the molecule is CON(C(=O)OC(C)C)c1cccc(-c2ccnc3c(C(=O)c4cccs4)cnn23)c1. The number of ether oxygens (including phenoxy) is 1. The van der Waals surface area contributed by atoms with Crippen molar-refractivity contribution < 1.29 is 19.2 Å². The van der Waals surface area contributed by atoms with E-state index in [-0.39, 0.29) is 11.9 Å². The molecule has 3 heterocycles. The van der Waals surface area contributed by atoms with E-state index >= 15 is 0 Å². The predicted molar refractivity (Wildman–Crippen MR) is 117 cm³/mol. The fraction of sp³-hybridized carbons (Fsp3) is 0.182. The van der Waals surface area contributed by atoms with Crippen LogP contribution in [-0.2, 0) is 9.57 Å². The van der Waals surface area contributed by atoms with E-state index in [1.807, 2.05) is 17.5 Å². The second-order valence-electron chi connectivity index (χ2n) is 6.89. The van der Waals surface area contributed by atoms with Crippen LogP contribution in [0.3, 0.4) is 0 Å². The molecule has 9 heteroatoms. The van der Waals surface area contributed by atoms with Gasteiger partial charge in [-0.25, -0.2) is 14.3 Å². The first-order valence-corrected chi connectivity index (χ1v) is 10.4. The van der Waals surface area contributed by atoms with Crippen molar-refractivity contribution in [3.8, 4) is 11.3 Å². The Morgan fingerprint density at radius 2 is 2.00 bits per heavy atom. The van der Waals surface area contributed by atoms with Crippen molar-refractivity contribution in [1.29, 1.82) is 0 Å². The standard InChI is InChI=1S/C22H20N4O4S/c1-14(2)30-22(28)26(29-3)16-7-4-6-15(12-16)18-9-10-23-21-17(13-24-25(18)21)20(27)19-8-5-11-31-19/h4-14H,1-3H3. The van der Waals surface area contributed by atoms with Gasteiger partial charge in [-0.1, -0.05) is 18.2 Å². The number of thiophene rings is 1. The van der Waals surface area contributed by atoms with Gasteiger partial charge >= 0.3 is 6.09 Å². The van der Waals surface area contributed by atoms with Crippen molar-refractivity contribution in [2.24, 2.45) is 0 Å². The highest BCUT2D eigenvalue weighted by Gasteiger charge is 2.21. The number of hydroxylamine groups is 1. The highest BCUT2D eigenvalue weighted by molar-refractivity contribution is 7.12. The molecule has 0 atom stereocenters. The maximum absolute atomic E-state index is 12.8. The van der Waals surface area contributed by atoms with E-state index in [1.165, 1.54) is 24.6 Å². The average molecular weight is 436 g/mol. The lowest BCUT2D eigenvalue weighted by molar-refractivity contribution is 0.0796. The summed E-state index contributed by atoms with van der Waals surface area (Å²) in [5.74, 6) is -0.120. The second kappa shape index (κ2) is 8.66. The number of nitrogens with zero attached hydrogens (tertiary/aromatic N) is 4. The number of anilines is 1.